The molecule has 0 bridgehead atoms. The zero-order valence-electron chi connectivity index (χ0n) is 16.9. The first-order chi connectivity index (χ1) is 14.1. The topological polar surface area (TPSA) is 76.2 Å². The molecule has 2 heterocycles. The smallest absolute Gasteiger partial charge is 0.340 e. The molecular formula is C22H28N2O5. The number of nitrogens with zero attached hydrogens (tertiary/aromatic N) is 2. The number of benzene rings is 1. The van der Waals surface area contributed by atoms with Gasteiger partial charge in [-0.15, -0.1) is 0 Å². The third-order valence-electron chi connectivity index (χ3n) is 6.45. The minimum Gasteiger partial charge on any atom is -0.465 e. The van der Waals surface area contributed by atoms with Gasteiger partial charge >= 0.3 is 5.97 Å². The van der Waals surface area contributed by atoms with Crippen molar-refractivity contribution in [3.63, 3.8) is 0 Å². The van der Waals surface area contributed by atoms with Crippen LogP contribution in [0.3, 0.4) is 0 Å². The minimum absolute atomic E-state index is 0.112. The zero-order valence-corrected chi connectivity index (χ0v) is 16.9. The highest BCUT2D eigenvalue weighted by atomic mass is 16.5. The van der Waals surface area contributed by atoms with E-state index in [1.54, 1.807) is 12.1 Å². The maximum atomic E-state index is 13.3. The number of hydrogen-bond donors (Lipinski definition) is 0. The van der Waals surface area contributed by atoms with Crippen LogP contribution in [0.2, 0.25) is 0 Å². The van der Waals surface area contributed by atoms with E-state index in [0.29, 0.717) is 37.6 Å². The molecule has 3 fully saturated rings. The summed E-state index contributed by atoms with van der Waals surface area (Å²) < 4.78 is 10.4. The Morgan fingerprint density at radius 2 is 1.76 bits per heavy atom. The number of morpholine rings is 1. The van der Waals surface area contributed by atoms with Crippen LogP contribution in [0.15, 0.2) is 18.2 Å². The van der Waals surface area contributed by atoms with Crippen LogP contribution in [0.4, 0.5) is 11.4 Å². The highest BCUT2D eigenvalue weighted by Crippen LogP contribution is 2.46. The van der Waals surface area contributed by atoms with Crippen molar-refractivity contribution in [2.45, 2.75) is 44.9 Å². The molecule has 4 rings (SSSR count). The number of carbonyl (C=O) groups is 3. The van der Waals surface area contributed by atoms with Crippen molar-refractivity contribution < 1.29 is 23.9 Å². The molecule has 156 valence electrons. The van der Waals surface area contributed by atoms with E-state index in [2.05, 4.69) is 4.90 Å². The maximum Gasteiger partial charge on any atom is 0.340 e. The molecule has 2 amide bonds. The second-order valence-corrected chi connectivity index (χ2v) is 8.20. The van der Waals surface area contributed by atoms with E-state index >= 15 is 0 Å². The fourth-order valence-electron chi connectivity index (χ4n) is 4.87. The van der Waals surface area contributed by atoms with Crippen LogP contribution in [0.1, 0.15) is 55.3 Å². The van der Waals surface area contributed by atoms with Gasteiger partial charge in [0.05, 0.1) is 42.7 Å². The number of imide groups is 1. The molecule has 7 nitrogen and oxygen atoms in total. The van der Waals surface area contributed by atoms with Crippen LogP contribution in [-0.2, 0) is 19.1 Å². The van der Waals surface area contributed by atoms with Crippen molar-refractivity contribution in [2.75, 3.05) is 43.2 Å². The lowest BCUT2D eigenvalue weighted by Gasteiger charge is -2.31. The van der Waals surface area contributed by atoms with Crippen molar-refractivity contribution in [1.82, 2.24) is 0 Å². The molecule has 7 heteroatoms. The van der Waals surface area contributed by atoms with Gasteiger partial charge in [0, 0.05) is 19.5 Å². The molecule has 1 spiro atoms. The Hall–Kier alpha value is -2.41. The van der Waals surface area contributed by atoms with Crippen LogP contribution < -0.4 is 9.80 Å². The molecule has 1 aromatic carbocycles. The van der Waals surface area contributed by atoms with Crippen LogP contribution in [0.25, 0.3) is 0 Å². The molecule has 2 saturated heterocycles. The number of ether oxygens (including phenoxy) is 2. The predicted octanol–water partition coefficient (Wildman–Crippen LogP) is 2.91. The quantitative estimate of drug-likeness (QED) is 0.574. The lowest BCUT2D eigenvalue weighted by Crippen LogP contribution is -2.38. The van der Waals surface area contributed by atoms with E-state index in [9.17, 15) is 14.4 Å². The van der Waals surface area contributed by atoms with E-state index in [0.717, 1.165) is 44.2 Å². The monoisotopic (exact) mass is 400 g/mol. The first-order valence-electron chi connectivity index (χ1n) is 10.5. The SMILES string of the molecule is COC(=O)c1cc(N2C(=O)CC3(CCCCCC3)C2=O)ccc1N1CCOCC1. The summed E-state index contributed by atoms with van der Waals surface area (Å²) in [6.45, 7) is 2.53. The zero-order chi connectivity index (χ0) is 20.4. The number of esters is 1. The van der Waals surface area contributed by atoms with Crippen LogP contribution in [0, 0.1) is 5.41 Å². The lowest BCUT2D eigenvalue weighted by atomic mass is 9.79. The molecule has 1 aliphatic carbocycles. The average Bonchev–Trinajstić information content (AvgIpc) is 2.90. The Balaban J connectivity index is 1.68. The molecule has 0 radical (unpaired) electrons. The van der Waals surface area contributed by atoms with Crippen LogP contribution in [-0.4, -0.2) is 51.2 Å². The van der Waals surface area contributed by atoms with Gasteiger partial charge in [-0.25, -0.2) is 4.79 Å². The standard InChI is InChI=1S/C22H28N2O5/c1-28-20(26)17-14-16(6-7-18(17)23-10-12-29-13-11-23)24-19(25)15-22(21(24)27)8-4-2-3-5-9-22/h6-7,14H,2-5,8-13,15H2,1H3. The fourth-order valence-corrected chi connectivity index (χ4v) is 4.87. The van der Waals surface area contributed by atoms with Gasteiger partial charge in [-0.3, -0.25) is 14.5 Å². The van der Waals surface area contributed by atoms with Gasteiger partial charge in [0.1, 0.15) is 0 Å². The molecule has 3 aliphatic rings. The van der Waals surface area contributed by atoms with E-state index in [1.165, 1.54) is 12.0 Å². The minimum atomic E-state index is -0.568. The summed E-state index contributed by atoms with van der Waals surface area (Å²) in [6.07, 6.45) is 6.00. The van der Waals surface area contributed by atoms with Gasteiger partial charge in [0.2, 0.25) is 11.8 Å². The van der Waals surface area contributed by atoms with Gasteiger partial charge in [0.15, 0.2) is 0 Å². The molecule has 0 atom stereocenters. The first kappa shape index (κ1) is 19.9. The van der Waals surface area contributed by atoms with Gasteiger partial charge in [-0.1, -0.05) is 25.7 Å². The summed E-state index contributed by atoms with van der Waals surface area (Å²) in [5, 5.41) is 0. The van der Waals surface area contributed by atoms with Crippen molar-refractivity contribution in [3.05, 3.63) is 23.8 Å². The van der Waals surface area contributed by atoms with Crippen LogP contribution >= 0.6 is 0 Å². The average molecular weight is 400 g/mol. The molecule has 0 unspecified atom stereocenters. The Bertz CT molecular complexity index is 807. The molecule has 1 aromatic rings. The Kier molecular flexibility index (Phi) is 5.58. The number of rotatable bonds is 3. The first-order valence-corrected chi connectivity index (χ1v) is 10.5. The van der Waals surface area contributed by atoms with Crippen molar-refractivity contribution >= 4 is 29.2 Å². The van der Waals surface area contributed by atoms with Crippen molar-refractivity contribution in [2.24, 2.45) is 5.41 Å². The predicted molar refractivity (Wildman–Crippen MR) is 108 cm³/mol. The number of amides is 2. The molecule has 29 heavy (non-hydrogen) atoms. The molecule has 1 saturated carbocycles. The van der Waals surface area contributed by atoms with E-state index < -0.39 is 11.4 Å². The number of hydrogen-bond acceptors (Lipinski definition) is 6. The van der Waals surface area contributed by atoms with Crippen LogP contribution in [0.5, 0.6) is 0 Å². The van der Waals surface area contributed by atoms with Gasteiger partial charge in [-0.2, -0.15) is 0 Å². The highest BCUT2D eigenvalue weighted by Gasteiger charge is 2.51. The molecular weight excluding hydrogens is 372 g/mol. The van der Waals surface area contributed by atoms with Gasteiger partial charge < -0.3 is 14.4 Å². The third-order valence-corrected chi connectivity index (χ3v) is 6.45. The molecule has 0 aromatic heterocycles. The summed E-state index contributed by atoms with van der Waals surface area (Å²) in [5.41, 5.74) is 1.00. The summed E-state index contributed by atoms with van der Waals surface area (Å²) in [7, 11) is 1.34. The van der Waals surface area contributed by atoms with E-state index in [4.69, 9.17) is 9.47 Å². The Labute approximate surface area is 170 Å². The van der Waals surface area contributed by atoms with Gasteiger partial charge in [-0.05, 0) is 31.0 Å². The number of methoxy groups -OCH3 is 1. The largest absolute Gasteiger partial charge is 0.465 e. The molecule has 0 N–H and O–H groups in total. The summed E-state index contributed by atoms with van der Waals surface area (Å²) in [5.74, 6) is -0.761. The lowest BCUT2D eigenvalue weighted by molar-refractivity contribution is -0.126. The second-order valence-electron chi connectivity index (χ2n) is 8.20. The van der Waals surface area contributed by atoms with Crippen molar-refractivity contribution in [3.8, 4) is 0 Å². The number of carbonyl (C=O) groups excluding carboxylic acids is 3. The Morgan fingerprint density at radius 3 is 2.41 bits per heavy atom. The highest BCUT2D eigenvalue weighted by molar-refractivity contribution is 6.23. The van der Waals surface area contributed by atoms with E-state index in [1.807, 2.05) is 6.07 Å². The number of anilines is 2. The summed E-state index contributed by atoms with van der Waals surface area (Å²) >= 11 is 0. The Morgan fingerprint density at radius 1 is 1.07 bits per heavy atom. The summed E-state index contributed by atoms with van der Waals surface area (Å²) in [6, 6.07) is 5.20. The van der Waals surface area contributed by atoms with Crippen molar-refractivity contribution in [1.29, 1.82) is 0 Å². The summed E-state index contributed by atoms with van der Waals surface area (Å²) in [4.78, 5) is 42.1. The normalized spacial score (nSPS) is 22.1. The fraction of sp³-hybridized carbons (Fsp3) is 0.591. The van der Waals surface area contributed by atoms with Gasteiger partial charge in [0.25, 0.3) is 0 Å². The molecule has 2 aliphatic heterocycles. The second kappa shape index (κ2) is 8.14. The maximum absolute atomic E-state index is 13.3. The third kappa shape index (κ3) is 3.64. The van der Waals surface area contributed by atoms with E-state index in [-0.39, 0.29) is 18.2 Å².